The molecule has 3 aromatic rings. The molecule has 0 radical (unpaired) electrons. The van der Waals surface area contributed by atoms with Gasteiger partial charge in [0.05, 0.1) is 19.6 Å². The number of likely N-dealkylation sites (tertiary alicyclic amines) is 1. The van der Waals surface area contributed by atoms with Crippen LogP contribution in [0.4, 0.5) is 0 Å². The molecule has 1 fully saturated rings. The van der Waals surface area contributed by atoms with E-state index in [0.29, 0.717) is 12.0 Å². The maximum atomic E-state index is 13.8. The van der Waals surface area contributed by atoms with Crippen molar-refractivity contribution in [3.8, 4) is 0 Å². The number of nitrogens with zero attached hydrogens (tertiary/aromatic N) is 1. The minimum atomic E-state index is -1.20. The van der Waals surface area contributed by atoms with E-state index in [1.165, 1.54) is 4.90 Å². The van der Waals surface area contributed by atoms with E-state index in [2.05, 4.69) is 36.9 Å². The van der Waals surface area contributed by atoms with Gasteiger partial charge in [0.2, 0.25) is 41.4 Å². The van der Waals surface area contributed by atoms with Crippen molar-refractivity contribution in [2.24, 2.45) is 17.6 Å². The third-order valence-corrected chi connectivity index (χ3v) is 10.2. The molecule has 18 nitrogen and oxygen atoms in total. The van der Waals surface area contributed by atoms with Crippen molar-refractivity contribution in [1.82, 2.24) is 41.8 Å². The molecule has 5 atom stereocenters. The Balaban J connectivity index is 1.44. The number of aliphatic carboxylic acids is 1. The number of carbonyl (C=O) groups is 8. The molecule has 4 rings (SSSR count). The highest BCUT2D eigenvalue weighted by Gasteiger charge is 2.37. The highest BCUT2D eigenvalue weighted by molar-refractivity contribution is 5.97. The Kier molecular flexibility index (Phi) is 17.1. The molecule has 7 amide bonds. The van der Waals surface area contributed by atoms with E-state index < -0.39 is 90.6 Å². The largest absolute Gasteiger partial charge is 0.480 e. The van der Waals surface area contributed by atoms with Crippen molar-refractivity contribution in [3.05, 3.63) is 71.9 Å². The Morgan fingerprint density at radius 3 is 2.07 bits per heavy atom. The Morgan fingerprint density at radius 2 is 1.42 bits per heavy atom. The first-order chi connectivity index (χ1) is 28.6. The molecule has 0 saturated carbocycles. The van der Waals surface area contributed by atoms with Crippen LogP contribution in [0.1, 0.15) is 58.1 Å². The first-order valence-corrected chi connectivity index (χ1v) is 20.1. The number of nitrogens with one attached hydrogen (secondary N) is 7. The molecule has 60 heavy (non-hydrogen) atoms. The van der Waals surface area contributed by atoms with Gasteiger partial charge >= 0.3 is 5.97 Å². The SMILES string of the molecule is CC(C)C[C@H](NC(=O)CNC(=O)[C@H](Cc1ccccc1)NC(=O)[C@@H]1CCCN1C(=O)CNC(=O)[C@H](Cc1c[nH]c2ccccc12)NC(=O)[C@@H](NC(=O)CN)C(C)C)C(=O)O. The number of carboxylic acid groups (broad SMARTS) is 1. The van der Waals surface area contributed by atoms with Crippen molar-refractivity contribution in [2.75, 3.05) is 26.2 Å². The first kappa shape index (κ1) is 46.4. The zero-order chi connectivity index (χ0) is 43.9. The second-order valence-electron chi connectivity index (χ2n) is 15.6. The van der Waals surface area contributed by atoms with E-state index in [-0.39, 0.29) is 50.6 Å². The number of H-pyrrole nitrogens is 1. The van der Waals surface area contributed by atoms with E-state index in [9.17, 15) is 43.5 Å². The highest BCUT2D eigenvalue weighted by Crippen LogP contribution is 2.21. The van der Waals surface area contributed by atoms with Crippen LogP contribution in [0, 0.1) is 11.8 Å². The number of hydrogen-bond donors (Lipinski definition) is 9. The summed E-state index contributed by atoms with van der Waals surface area (Å²) in [4.78, 5) is 109. The first-order valence-electron chi connectivity index (χ1n) is 20.1. The molecule has 10 N–H and O–H groups in total. The summed E-state index contributed by atoms with van der Waals surface area (Å²) >= 11 is 0. The lowest BCUT2D eigenvalue weighted by Crippen LogP contribution is -2.58. The average Bonchev–Trinajstić information content (AvgIpc) is 3.88. The number of nitrogens with two attached hydrogens (primary N) is 1. The monoisotopic (exact) mass is 831 g/mol. The van der Waals surface area contributed by atoms with Gasteiger partial charge in [-0.3, -0.25) is 33.6 Å². The van der Waals surface area contributed by atoms with Gasteiger partial charge < -0.3 is 52.6 Å². The second kappa shape index (κ2) is 22.2. The summed E-state index contributed by atoms with van der Waals surface area (Å²) < 4.78 is 0. The average molecular weight is 832 g/mol. The van der Waals surface area contributed by atoms with Gasteiger partial charge in [0.15, 0.2) is 0 Å². The Hall–Kier alpha value is -6.30. The lowest BCUT2D eigenvalue weighted by atomic mass is 10.0. The number of carbonyl (C=O) groups excluding carboxylic acids is 7. The zero-order valence-corrected chi connectivity index (χ0v) is 34.4. The summed E-state index contributed by atoms with van der Waals surface area (Å²) in [7, 11) is 0. The number of carboxylic acids is 1. The van der Waals surface area contributed by atoms with Crippen LogP contribution in [0.3, 0.4) is 0 Å². The molecule has 0 unspecified atom stereocenters. The van der Waals surface area contributed by atoms with Gasteiger partial charge in [-0.05, 0) is 48.3 Å². The normalized spacial score (nSPS) is 15.7. The van der Waals surface area contributed by atoms with Crippen molar-refractivity contribution >= 4 is 58.2 Å². The van der Waals surface area contributed by atoms with E-state index in [1.807, 2.05) is 38.1 Å². The summed E-state index contributed by atoms with van der Waals surface area (Å²) in [5, 5.41) is 25.9. The third kappa shape index (κ3) is 13.4. The number of aromatic nitrogens is 1. The molecular weight excluding hydrogens is 775 g/mol. The number of amides is 7. The minimum absolute atomic E-state index is 0.00789. The fourth-order valence-corrected chi connectivity index (χ4v) is 7.04. The molecular formula is C42H57N9O9. The third-order valence-electron chi connectivity index (χ3n) is 10.2. The van der Waals surface area contributed by atoms with Gasteiger partial charge in [-0.25, -0.2) is 4.79 Å². The standard InChI is InChI=1S/C42H57N9O9/c1-24(2)17-32(42(59)60)47-35(53)22-45-38(55)30(18-26-11-6-5-7-12-26)48-40(57)33-15-10-16-51(33)36(54)23-46-39(56)31(19-27-21-44-29-14-9-8-13-28(27)29)49-41(58)37(25(3)4)50-34(52)20-43/h5-9,11-14,21,24-25,30-33,37,44H,10,15-20,22-23,43H2,1-4H3,(H,45,55)(H,46,56)(H,47,53)(H,48,57)(H,49,58)(H,50,52)(H,59,60)/t30-,31-,32-,33-,37-/m0/s1. The van der Waals surface area contributed by atoms with Crippen LogP contribution in [-0.4, -0.2) is 119 Å². The lowest BCUT2D eigenvalue weighted by molar-refractivity contribution is -0.142. The van der Waals surface area contributed by atoms with Gasteiger partial charge in [0.25, 0.3) is 0 Å². The quantitative estimate of drug-likeness (QED) is 0.0686. The molecule has 1 saturated heterocycles. The molecule has 1 aromatic heterocycles. The number of aromatic amines is 1. The molecule has 324 valence electrons. The molecule has 0 bridgehead atoms. The maximum Gasteiger partial charge on any atom is 0.326 e. The molecule has 2 aromatic carbocycles. The van der Waals surface area contributed by atoms with E-state index in [0.717, 1.165) is 16.5 Å². The number of para-hydroxylation sites is 1. The van der Waals surface area contributed by atoms with Gasteiger partial charge in [-0.15, -0.1) is 0 Å². The van der Waals surface area contributed by atoms with E-state index in [1.54, 1.807) is 50.4 Å². The van der Waals surface area contributed by atoms with Gasteiger partial charge in [-0.2, -0.15) is 0 Å². The molecule has 2 heterocycles. The van der Waals surface area contributed by atoms with Crippen molar-refractivity contribution < 1.29 is 43.5 Å². The van der Waals surface area contributed by atoms with E-state index in [4.69, 9.17) is 5.73 Å². The van der Waals surface area contributed by atoms with Crippen LogP contribution in [0.25, 0.3) is 10.9 Å². The number of hydrogen-bond acceptors (Lipinski definition) is 9. The van der Waals surface area contributed by atoms with Crippen molar-refractivity contribution in [3.63, 3.8) is 0 Å². The van der Waals surface area contributed by atoms with Crippen LogP contribution < -0.4 is 37.6 Å². The van der Waals surface area contributed by atoms with Gasteiger partial charge in [0, 0.05) is 36.5 Å². The Bertz CT molecular complexity index is 2000. The predicted octanol–water partition coefficient (Wildman–Crippen LogP) is -0.139. The van der Waals surface area contributed by atoms with Crippen molar-refractivity contribution in [1.29, 1.82) is 0 Å². The fraction of sp³-hybridized carbons (Fsp3) is 0.476. The zero-order valence-electron chi connectivity index (χ0n) is 34.4. The van der Waals surface area contributed by atoms with Gasteiger partial charge in [0.1, 0.15) is 30.2 Å². The van der Waals surface area contributed by atoms with Crippen LogP contribution in [0.5, 0.6) is 0 Å². The Labute approximate surface area is 348 Å². The number of benzene rings is 2. The lowest BCUT2D eigenvalue weighted by Gasteiger charge is -2.27. The van der Waals surface area contributed by atoms with E-state index >= 15 is 0 Å². The highest BCUT2D eigenvalue weighted by atomic mass is 16.4. The summed E-state index contributed by atoms with van der Waals surface area (Å²) in [6, 6.07) is 10.9. The molecule has 18 heteroatoms. The number of rotatable bonds is 21. The topological polar surface area (TPSA) is 274 Å². The minimum Gasteiger partial charge on any atom is -0.480 e. The fourth-order valence-electron chi connectivity index (χ4n) is 7.04. The second-order valence-corrected chi connectivity index (χ2v) is 15.6. The van der Waals surface area contributed by atoms with Gasteiger partial charge in [-0.1, -0.05) is 76.2 Å². The van der Waals surface area contributed by atoms with Crippen LogP contribution in [-0.2, 0) is 51.2 Å². The Morgan fingerprint density at radius 1 is 0.767 bits per heavy atom. The summed E-state index contributed by atoms with van der Waals surface area (Å²) in [5.74, 6) is -5.95. The molecule has 0 aliphatic carbocycles. The predicted molar refractivity (Wildman–Crippen MR) is 222 cm³/mol. The number of fused-ring (bicyclic) bond motifs is 1. The molecule has 1 aliphatic heterocycles. The van der Waals surface area contributed by atoms with Crippen LogP contribution >= 0.6 is 0 Å². The summed E-state index contributed by atoms with van der Waals surface area (Å²) in [6.45, 7) is 5.95. The van der Waals surface area contributed by atoms with Crippen molar-refractivity contribution in [2.45, 2.75) is 90.0 Å². The summed E-state index contributed by atoms with van der Waals surface area (Å²) in [5.41, 5.74) is 7.72. The van der Waals surface area contributed by atoms with Crippen LogP contribution in [0.15, 0.2) is 60.8 Å². The summed E-state index contributed by atoms with van der Waals surface area (Å²) in [6.07, 6.45) is 2.78. The molecule has 0 spiro atoms. The van der Waals surface area contributed by atoms with Crippen LogP contribution in [0.2, 0.25) is 0 Å². The maximum absolute atomic E-state index is 13.8. The smallest absolute Gasteiger partial charge is 0.326 e. The molecule has 1 aliphatic rings.